The summed E-state index contributed by atoms with van der Waals surface area (Å²) >= 11 is 6.41. The minimum atomic E-state index is -0.653. The molecule has 2 aromatic carbocycles. The number of hydrogen-bond donors (Lipinski definition) is 2. The van der Waals surface area contributed by atoms with Crippen LogP contribution in [-0.4, -0.2) is 18.0 Å². The fourth-order valence-corrected chi connectivity index (χ4v) is 4.91. The quantitative estimate of drug-likeness (QED) is 0.640. The number of rotatable bonds is 3. The molecule has 1 unspecified atom stereocenters. The number of hydrogen-bond acceptors (Lipinski definition) is 6. The number of carbonyl (C=O) groups is 1. The third-order valence-corrected chi connectivity index (χ3v) is 6.74. The van der Waals surface area contributed by atoms with E-state index in [0.717, 1.165) is 11.3 Å². The zero-order valence-electron chi connectivity index (χ0n) is 19.1. The number of benzene rings is 2. The Kier molecular flexibility index (Phi) is 5.63. The number of carbonyl (C=O) groups excluding carboxylic acids is 1. The zero-order chi connectivity index (χ0) is 24.1. The van der Waals surface area contributed by atoms with E-state index in [1.54, 1.807) is 23.1 Å². The van der Waals surface area contributed by atoms with Gasteiger partial charge in [0.15, 0.2) is 17.3 Å². The number of phenolic OH excluding ortho intramolecular Hbond substituents is 1. The van der Waals surface area contributed by atoms with Crippen LogP contribution < -0.4 is 15.4 Å². The van der Waals surface area contributed by atoms with Gasteiger partial charge < -0.3 is 15.6 Å². The van der Waals surface area contributed by atoms with Gasteiger partial charge in [-0.05, 0) is 54.2 Å². The Morgan fingerprint density at radius 3 is 2.61 bits per heavy atom. The van der Waals surface area contributed by atoms with Crippen LogP contribution in [-0.2, 0) is 4.79 Å². The first-order valence-electron chi connectivity index (χ1n) is 10.7. The average Bonchev–Trinajstić information content (AvgIpc) is 2.75. The maximum atomic E-state index is 13.6. The summed E-state index contributed by atoms with van der Waals surface area (Å²) in [5, 5.41) is 20.8. The highest BCUT2D eigenvalue weighted by atomic mass is 35.5. The first kappa shape index (κ1) is 22.8. The second-order valence-electron chi connectivity index (χ2n) is 9.35. The van der Waals surface area contributed by atoms with Crippen LogP contribution in [0.15, 0.2) is 59.1 Å². The number of nitrogens with zero attached hydrogens (tertiary/aromatic N) is 2. The van der Waals surface area contributed by atoms with Crippen molar-refractivity contribution in [3.05, 3.63) is 75.2 Å². The number of allylic oxidation sites excluding steroid dienone is 3. The number of nitrogens with two attached hydrogens (primary N) is 1. The van der Waals surface area contributed by atoms with Crippen molar-refractivity contribution >= 4 is 23.1 Å². The zero-order valence-corrected chi connectivity index (χ0v) is 19.8. The fraction of sp³-hybridized carbons (Fsp3) is 0.308. The van der Waals surface area contributed by atoms with Gasteiger partial charge in [0.2, 0.25) is 0 Å². The van der Waals surface area contributed by atoms with Crippen LogP contribution in [0.1, 0.15) is 43.7 Å². The van der Waals surface area contributed by atoms with Gasteiger partial charge in [0.05, 0.1) is 24.7 Å². The molecule has 6 nitrogen and oxygen atoms in total. The monoisotopic (exact) mass is 463 g/mol. The summed E-state index contributed by atoms with van der Waals surface area (Å²) in [5.74, 6) is -0.170. The van der Waals surface area contributed by atoms with Gasteiger partial charge in [0.1, 0.15) is 5.82 Å². The summed E-state index contributed by atoms with van der Waals surface area (Å²) in [4.78, 5) is 15.3. The molecule has 2 aliphatic rings. The van der Waals surface area contributed by atoms with Gasteiger partial charge in [-0.3, -0.25) is 9.69 Å². The molecular weight excluding hydrogens is 438 g/mol. The molecule has 1 aliphatic heterocycles. The van der Waals surface area contributed by atoms with E-state index in [2.05, 4.69) is 6.07 Å². The molecule has 0 saturated carbocycles. The highest BCUT2D eigenvalue weighted by molar-refractivity contribution is 6.31. The summed E-state index contributed by atoms with van der Waals surface area (Å²) < 4.78 is 5.28. The Morgan fingerprint density at radius 2 is 1.97 bits per heavy atom. The maximum Gasteiger partial charge on any atom is 0.162 e. The Bertz CT molecular complexity index is 1270. The molecule has 0 spiro atoms. The first-order chi connectivity index (χ1) is 15.6. The Labute approximate surface area is 198 Å². The summed E-state index contributed by atoms with van der Waals surface area (Å²) in [6.45, 7) is 6.01. The van der Waals surface area contributed by atoms with E-state index >= 15 is 0 Å². The molecule has 1 atom stereocenters. The van der Waals surface area contributed by atoms with E-state index in [-0.39, 0.29) is 34.1 Å². The van der Waals surface area contributed by atoms with Gasteiger partial charge in [0, 0.05) is 28.4 Å². The number of phenols is 1. The smallest absolute Gasteiger partial charge is 0.162 e. The largest absolute Gasteiger partial charge is 0.504 e. The molecule has 0 aromatic heterocycles. The van der Waals surface area contributed by atoms with E-state index in [1.165, 1.54) is 13.2 Å². The minimum absolute atomic E-state index is 0.0197. The van der Waals surface area contributed by atoms with Crippen molar-refractivity contribution < 1.29 is 14.6 Å². The summed E-state index contributed by atoms with van der Waals surface area (Å²) in [6.07, 6.45) is 0.962. The highest BCUT2D eigenvalue weighted by Gasteiger charge is 2.44. The lowest BCUT2D eigenvalue weighted by Crippen LogP contribution is -2.42. The van der Waals surface area contributed by atoms with E-state index in [9.17, 15) is 15.2 Å². The summed E-state index contributed by atoms with van der Waals surface area (Å²) in [6, 6.07) is 12.7. The topological polar surface area (TPSA) is 99.6 Å². The van der Waals surface area contributed by atoms with Gasteiger partial charge in [-0.1, -0.05) is 37.6 Å². The number of ether oxygens (including phenoxy) is 1. The van der Waals surface area contributed by atoms with E-state index in [0.29, 0.717) is 34.7 Å². The van der Waals surface area contributed by atoms with Gasteiger partial charge in [-0.2, -0.15) is 5.26 Å². The third-order valence-electron chi connectivity index (χ3n) is 6.33. The highest BCUT2D eigenvalue weighted by Crippen LogP contribution is 2.51. The molecule has 33 heavy (non-hydrogen) atoms. The van der Waals surface area contributed by atoms with Crippen molar-refractivity contribution in [2.75, 3.05) is 12.0 Å². The van der Waals surface area contributed by atoms with Crippen molar-refractivity contribution in [2.45, 2.75) is 39.5 Å². The number of aryl methyl sites for hydroxylation is 1. The number of nitriles is 1. The second-order valence-corrected chi connectivity index (χ2v) is 9.75. The molecule has 0 amide bonds. The van der Waals surface area contributed by atoms with Crippen LogP contribution in [0.3, 0.4) is 0 Å². The lowest BCUT2D eigenvalue weighted by Gasteiger charge is -2.43. The van der Waals surface area contributed by atoms with Crippen molar-refractivity contribution in [3.63, 3.8) is 0 Å². The van der Waals surface area contributed by atoms with Crippen LogP contribution in [0.5, 0.6) is 11.5 Å². The molecular formula is C26H26ClN3O3. The number of anilines is 1. The maximum absolute atomic E-state index is 13.6. The van der Waals surface area contributed by atoms with Crippen LogP contribution in [0.2, 0.25) is 5.02 Å². The van der Waals surface area contributed by atoms with Crippen molar-refractivity contribution in [1.29, 1.82) is 5.26 Å². The van der Waals surface area contributed by atoms with Crippen molar-refractivity contribution in [1.82, 2.24) is 0 Å². The van der Waals surface area contributed by atoms with Crippen molar-refractivity contribution in [3.8, 4) is 17.6 Å². The standard InChI is InChI=1S/C26H26ClN3O3/c1-14-5-7-16(10-18(14)27)30-19-11-26(2,3)12-21(32)24(19)23(17(13-28)25(30)29)15-6-8-20(31)22(9-15)33-4/h5-10,23,31H,11-12,29H2,1-4H3. The number of methoxy groups -OCH3 is 1. The van der Waals surface area contributed by atoms with Gasteiger partial charge in [-0.25, -0.2) is 0 Å². The SMILES string of the molecule is COc1cc(C2C(C#N)=C(N)N(c3ccc(C)c(Cl)c3)C3=C2C(=O)CC(C)(C)C3)ccc1O. The summed E-state index contributed by atoms with van der Waals surface area (Å²) in [5.41, 5.74) is 10.2. The van der Waals surface area contributed by atoms with Crippen LogP contribution in [0.25, 0.3) is 0 Å². The predicted molar refractivity (Wildman–Crippen MR) is 128 cm³/mol. The summed E-state index contributed by atoms with van der Waals surface area (Å²) in [7, 11) is 1.46. The number of ketones is 1. The average molecular weight is 464 g/mol. The predicted octanol–water partition coefficient (Wildman–Crippen LogP) is 5.30. The molecule has 170 valence electrons. The Hall–Kier alpha value is -3.43. The molecule has 1 aliphatic carbocycles. The first-order valence-corrected chi connectivity index (χ1v) is 11.0. The van der Waals surface area contributed by atoms with Crippen molar-refractivity contribution in [2.24, 2.45) is 11.1 Å². The van der Waals surface area contributed by atoms with E-state index < -0.39 is 5.92 Å². The molecule has 2 aromatic rings. The lowest BCUT2D eigenvalue weighted by atomic mass is 9.68. The molecule has 1 heterocycles. The van der Waals surface area contributed by atoms with Crippen LogP contribution in [0.4, 0.5) is 5.69 Å². The van der Waals surface area contributed by atoms with Crippen LogP contribution in [0, 0.1) is 23.7 Å². The number of halogens is 1. The van der Waals surface area contributed by atoms with E-state index in [1.807, 2.05) is 32.9 Å². The molecule has 3 N–H and O–H groups in total. The fourth-order valence-electron chi connectivity index (χ4n) is 4.73. The van der Waals surface area contributed by atoms with Gasteiger partial charge >= 0.3 is 0 Å². The molecule has 0 radical (unpaired) electrons. The lowest BCUT2D eigenvalue weighted by molar-refractivity contribution is -0.118. The van der Waals surface area contributed by atoms with Gasteiger partial charge in [-0.15, -0.1) is 0 Å². The second kappa shape index (κ2) is 8.17. The number of aromatic hydroxyl groups is 1. The third kappa shape index (κ3) is 3.83. The van der Waals surface area contributed by atoms with E-state index in [4.69, 9.17) is 22.1 Å². The molecule has 7 heteroatoms. The van der Waals surface area contributed by atoms with Gasteiger partial charge in [0.25, 0.3) is 0 Å². The molecule has 4 rings (SSSR count). The molecule has 0 fully saturated rings. The van der Waals surface area contributed by atoms with Crippen LogP contribution >= 0.6 is 11.6 Å². The minimum Gasteiger partial charge on any atom is -0.504 e. The Morgan fingerprint density at radius 1 is 1.24 bits per heavy atom. The molecule has 0 bridgehead atoms. The molecule has 0 saturated heterocycles. The normalized spacial score (nSPS) is 19.9. The Balaban J connectivity index is 2.01. The number of Topliss-reactive ketones (excluding diaryl/α,β-unsaturated/α-hetero) is 1.